The summed E-state index contributed by atoms with van der Waals surface area (Å²) < 4.78 is 5.11. The number of carbonyl (C=O) groups excluding carboxylic acids is 2. The molecule has 2 aromatic carbocycles. The molecule has 0 bridgehead atoms. The van der Waals surface area contributed by atoms with Crippen molar-refractivity contribution in [3.05, 3.63) is 71.4 Å². The zero-order valence-corrected chi connectivity index (χ0v) is 14.9. The number of methoxy groups -OCH3 is 1. The lowest BCUT2D eigenvalue weighted by molar-refractivity contribution is -0.143. The first-order valence-electron chi connectivity index (χ1n) is 8.89. The Balaban J connectivity index is 1.89. The van der Waals surface area contributed by atoms with Crippen LogP contribution in [-0.2, 0) is 9.53 Å². The van der Waals surface area contributed by atoms with E-state index >= 15 is 0 Å². The number of aromatic amines is 1. The van der Waals surface area contributed by atoms with Crippen molar-refractivity contribution < 1.29 is 14.3 Å². The Labute approximate surface area is 152 Å². The maximum absolute atomic E-state index is 13.2. The number of fused-ring (bicyclic) bond motifs is 3. The number of benzene rings is 2. The van der Waals surface area contributed by atoms with E-state index in [4.69, 9.17) is 4.74 Å². The van der Waals surface area contributed by atoms with Crippen LogP contribution in [0.15, 0.2) is 54.6 Å². The van der Waals surface area contributed by atoms with Crippen molar-refractivity contribution in [3.63, 3.8) is 0 Å². The molecule has 4 nitrogen and oxygen atoms in total. The van der Waals surface area contributed by atoms with Gasteiger partial charge in [-0.3, -0.25) is 9.59 Å². The predicted molar refractivity (Wildman–Crippen MR) is 100 cm³/mol. The molecule has 0 saturated carbocycles. The molecule has 0 fully saturated rings. The Morgan fingerprint density at radius 2 is 1.73 bits per heavy atom. The van der Waals surface area contributed by atoms with Gasteiger partial charge in [0.2, 0.25) is 0 Å². The normalized spacial score (nSPS) is 22.0. The van der Waals surface area contributed by atoms with E-state index in [1.54, 1.807) is 0 Å². The van der Waals surface area contributed by atoms with Crippen LogP contribution in [0.4, 0.5) is 0 Å². The number of H-pyrrole nitrogens is 1. The standard InChI is InChI=1S/C22H21NO3/c1-13-12-16(21(24)14-8-4-3-5-9-14)19(22(25)26-2)18-15-10-6-7-11-17(15)23-20(13)18/h3-11,13,16,19,23H,12H2,1-2H3/t13-,16+,19-/m1/s1. The van der Waals surface area contributed by atoms with E-state index in [0.717, 1.165) is 22.2 Å². The number of Topliss-reactive ketones (excluding diaryl/α,β-unsaturated/α-hetero) is 1. The minimum Gasteiger partial charge on any atom is -0.469 e. The van der Waals surface area contributed by atoms with Crippen LogP contribution in [0.5, 0.6) is 0 Å². The van der Waals surface area contributed by atoms with Gasteiger partial charge in [0.05, 0.1) is 13.0 Å². The summed E-state index contributed by atoms with van der Waals surface area (Å²) in [5.74, 6) is -1.20. The van der Waals surface area contributed by atoms with E-state index in [1.165, 1.54) is 7.11 Å². The highest BCUT2D eigenvalue weighted by Gasteiger charge is 2.44. The Bertz CT molecular complexity index is 973. The Hall–Kier alpha value is -2.88. The smallest absolute Gasteiger partial charge is 0.313 e. The summed E-state index contributed by atoms with van der Waals surface area (Å²) in [6.07, 6.45) is 0.618. The number of ether oxygens (including phenoxy) is 1. The van der Waals surface area contributed by atoms with E-state index in [-0.39, 0.29) is 17.7 Å². The van der Waals surface area contributed by atoms with Gasteiger partial charge in [0.1, 0.15) is 0 Å². The highest BCUT2D eigenvalue weighted by molar-refractivity contribution is 6.03. The van der Waals surface area contributed by atoms with Crippen LogP contribution >= 0.6 is 0 Å². The van der Waals surface area contributed by atoms with Gasteiger partial charge in [-0.2, -0.15) is 0 Å². The van der Waals surface area contributed by atoms with Gasteiger partial charge < -0.3 is 9.72 Å². The molecule has 26 heavy (non-hydrogen) atoms. The van der Waals surface area contributed by atoms with Crippen molar-refractivity contribution in [1.82, 2.24) is 4.98 Å². The number of rotatable bonds is 3. The molecule has 0 radical (unpaired) electrons. The minimum absolute atomic E-state index is 0.00350. The molecule has 0 amide bonds. The fourth-order valence-corrected chi connectivity index (χ4v) is 4.23. The fourth-order valence-electron chi connectivity index (χ4n) is 4.23. The molecule has 1 aliphatic rings. The number of para-hydroxylation sites is 1. The molecular weight excluding hydrogens is 326 g/mol. The van der Waals surface area contributed by atoms with Crippen LogP contribution in [0.2, 0.25) is 0 Å². The van der Waals surface area contributed by atoms with Crippen LogP contribution in [0.3, 0.4) is 0 Å². The second-order valence-electron chi connectivity index (χ2n) is 6.97. The Kier molecular flexibility index (Phi) is 4.11. The van der Waals surface area contributed by atoms with Crippen molar-refractivity contribution in [2.75, 3.05) is 7.11 Å². The molecule has 1 N–H and O–H groups in total. The van der Waals surface area contributed by atoms with Crippen molar-refractivity contribution in [3.8, 4) is 0 Å². The molecule has 1 aromatic heterocycles. The average Bonchev–Trinajstić information content (AvgIpc) is 3.07. The van der Waals surface area contributed by atoms with Crippen LogP contribution in [0, 0.1) is 5.92 Å². The summed E-state index contributed by atoms with van der Waals surface area (Å²) in [4.78, 5) is 29.4. The minimum atomic E-state index is -0.588. The summed E-state index contributed by atoms with van der Waals surface area (Å²) in [6.45, 7) is 2.10. The molecule has 0 aliphatic heterocycles. The van der Waals surface area contributed by atoms with Gasteiger partial charge in [0.15, 0.2) is 5.78 Å². The quantitative estimate of drug-likeness (QED) is 0.563. The predicted octanol–water partition coefficient (Wildman–Crippen LogP) is 4.43. The van der Waals surface area contributed by atoms with Gasteiger partial charge >= 0.3 is 5.97 Å². The first kappa shape index (κ1) is 16.6. The van der Waals surface area contributed by atoms with Crippen LogP contribution < -0.4 is 0 Å². The summed E-state index contributed by atoms with van der Waals surface area (Å²) in [5, 5.41) is 0.996. The number of ketones is 1. The lowest BCUT2D eigenvalue weighted by Gasteiger charge is -2.32. The molecule has 0 spiro atoms. The van der Waals surface area contributed by atoms with E-state index in [9.17, 15) is 9.59 Å². The van der Waals surface area contributed by atoms with Crippen molar-refractivity contribution in [2.45, 2.75) is 25.2 Å². The summed E-state index contributed by atoms with van der Waals surface area (Å²) >= 11 is 0. The van der Waals surface area contributed by atoms with E-state index in [2.05, 4.69) is 11.9 Å². The average molecular weight is 347 g/mol. The molecule has 1 aliphatic carbocycles. The van der Waals surface area contributed by atoms with Crippen LogP contribution in [0.1, 0.15) is 46.8 Å². The van der Waals surface area contributed by atoms with Crippen molar-refractivity contribution in [2.24, 2.45) is 5.92 Å². The van der Waals surface area contributed by atoms with E-state index in [1.807, 2.05) is 54.6 Å². The molecule has 4 rings (SSSR count). The molecule has 1 heterocycles. The van der Waals surface area contributed by atoms with Gasteiger partial charge in [-0.15, -0.1) is 0 Å². The Morgan fingerprint density at radius 1 is 1.04 bits per heavy atom. The third kappa shape index (κ3) is 2.53. The van der Waals surface area contributed by atoms with Gasteiger partial charge in [-0.25, -0.2) is 0 Å². The van der Waals surface area contributed by atoms with Crippen molar-refractivity contribution in [1.29, 1.82) is 0 Å². The molecule has 0 saturated heterocycles. The number of hydrogen-bond donors (Lipinski definition) is 1. The molecule has 3 atom stereocenters. The zero-order chi connectivity index (χ0) is 18.3. The number of hydrogen-bond acceptors (Lipinski definition) is 3. The molecule has 4 heteroatoms. The highest BCUT2D eigenvalue weighted by atomic mass is 16.5. The van der Waals surface area contributed by atoms with E-state index < -0.39 is 11.8 Å². The van der Waals surface area contributed by atoms with E-state index in [0.29, 0.717) is 12.0 Å². The van der Waals surface area contributed by atoms with Gasteiger partial charge in [-0.1, -0.05) is 55.5 Å². The highest BCUT2D eigenvalue weighted by Crippen LogP contribution is 2.47. The maximum atomic E-state index is 13.2. The Morgan fingerprint density at radius 3 is 2.46 bits per heavy atom. The zero-order valence-electron chi connectivity index (χ0n) is 14.9. The largest absolute Gasteiger partial charge is 0.469 e. The molecule has 0 unspecified atom stereocenters. The first-order chi connectivity index (χ1) is 12.6. The van der Waals surface area contributed by atoms with Crippen LogP contribution in [-0.4, -0.2) is 23.8 Å². The second-order valence-corrected chi connectivity index (χ2v) is 6.97. The van der Waals surface area contributed by atoms with Gasteiger partial charge in [-0.05, 0) is 24.0 Å². The van der Waals surface area contributed by atoms with Gasteiger partial charge in [0.25, 0.3) is 0 Å². The molecule has 3 aromatic rings. The monoisotopic (exact) mass is 347 g/mol. The number of esters is 1. The lowest BCUT2D eigenvalue weighted by atomic mass is 9.70. The summed E-state index contributed by atoms with van der Waals surface area (Å²) in [7, 11) is 1.39. The van der Waals surface area contributed by atoms with Crippen LogP contribution in [0.25, 0.3) is 10.9 Å². The number of aromatic nitrogens is 1. The lowest BCUT2D eigenvalue weighted by Crippen LogP contribution is -2.34. The third-order valence-corrected chi connectivity index (χ3v) is 5.44. The maximum Gasteiger partial charge on any atom is 0.313 e. The second kappa shape index (κ2) is 6.45. The molecule has 132 valence electrons. The SMILES string of the molecule is COC(=O)[C@H]1c2c([nH]c3ccccc23)[C@H](C)C[C@@H]1C(=O)c1ccccc1. The third-order valence-electron chi connectivity index (χ3n) is 5.44. The topological polar surface area (TPSA) is 59.2 Å². The first-order valence-corrected chi connectivity index (χ1v) is 8.89. The number of carbonyl (C=O) groups is 2. The van der Waals surface area contributed by atoms with Crippen molar-refractivity contribution >= 4 is 22.7 Å². The summed E-state index contributed by atoms with van der Waals surface area (Å²) in [6, 6.07) is 17.1. The van der Waals surface area contributed by atoms with Gasteiger partial charge in [0, 0.05) is 28.1 Å². The molecular formula is C22H21NO3. The number of nitrogens with one attached hydrogen (secondary N) is 1. The summed E-state index contributed by atoms with van der Waals surface area (Å²) in [5.41, 5.74) is 3.59. The fraction of sp³-hybridized carbons (Fsp3) is 0.273.